The molecule has 0 saturated carbocycles. The summed E-state index contributed by atoms with van der Waals surface area (Å²) in [4.78, 5) is 4.79. The molecule has 1 saturated heterocycles. The molecule has 1 fully saturated rings. The predicted octanol–water partition coefficient (Wildman–Crippen LogP) is 1.88. The quantitative estimate of drug-likeness (QED) is 0.934. The minimum atomic E-state index is 0.893. The molecule has 126 valence electrons. The number of rotatable bonds is 3. The van der Waals surface area contributed by atoms with Gasteiger partial charge in [-0.3, -0.25) is 9.80 Å². The highest BCUT2D eigenvalue weighted by molar-refractivity contribution is 5.61. The van der Waals surface area contributed by atoms with E-state index in [1.165, 1.54) is 23.1 Å². The van der Waals surface area contributed by atoms with Crippen LogP contribution in [0.15, 0.2) is 30.3 Å². The van der Waals surface area contributed by atoms with E-state index in [-0.39, 0.29) is 0 Å². The van der Waals surface area contributed by atoms with Crippen molar-refractivity contribution in [2.75, 3.05) is 33.2 Å². The van der Waals surface area contributed by atoms with Crippen LogP contribution in [0.4, 0.5) is 0 Å². The summed E-state index contributed by atoms with van der Waals surface area (Å²) in [5.41, 5.74) is 6.04. The molecule has 2 aromatic rings. The van der Waals surface area contributed by atoms with Gasteiger partial charge in [0.25, 0.3) is 0 Å². The van der Waals surface area contributed by atoms with E-state index in [1.54, 1.807) is 0 Å². The number of benzene rings is 1. The normalized spacial score (nSPS) is 19.2. The number of hydrogen-bond donors (Lipinski definition) is 1. The lowest BCUT2D eigenvalue weighted by atomic mass is 10.0. The average molecular weight is 323 g/mol. The van der Waals surface area contributed by atoms with Crippen LogP contribution >= 0.6 is 0 Å². The van der Waals surface area contributed by atoms with Crippen molar-refractivity contribution in [2.24, 2.45) is 0 Å². The van der Waals surface area contributed by atoms with Gasteiger partial charge in [-0.25, -0.2) is 0 Å². The zero-order valence-corrected chi connectivity index (χ0v) is 14.3. The fourth-order valence-electron chi connectivity index (χ4n) is 3.61. The highest BCUT2D eigenvalue weighted by Gasteiger charge is 2.16. The molecule has 0 unspecified atom stereocenters. The molecule has 0 radical (unpaired) electrons. The monoisotopic (exact) mass is 323 g/mol. The van der Waals surface area contributed by atoms with Crippen molar-refractivity contribution in [1.29, 1.82) is 0 Å². The Hall–Kier alpha value is -1.82. The first-order valence-electron chi connectivity index (χ1n) is 8.84. The van der Waals surface area contributed by atoms with Gasteiger partial charge in [-0.2, -0.15) is 10.2 Å². The van der Waals surface area contributed by atoms with Gasteiger partial charge in [-0.1, -0.05) is 12.1 Å². The Morgan fingerprint density at radius 2 is 1.92 bits per heavy atom. The Bertz CT molecular complexity index is 689. The van der Waals surface area contributed by atoms with Gasteiger partial charge in [0.05, 0.1) is 11.4 Å². The number of nitrogens with zero attached hydrogens (tertiary/aromatic N) is 4. The van der Waals surface area contributed by atoms with Gasteiger partial charge in [0, 0.05) is 38.3 Å². The third-order valence-corrected chi connectivity index (χ3v) is 4.92. The Kier molecular flexibility index (Phi) is 4.56. The minimum absolute atomic E-state index is 0.893. The first-order valence-corrected chi connectivity index (χ1v) is 8.84. The molecule has 0 amide bonds. The molecule has 0 aliphatic carbocycles. The Labute approximate surface area is 143 Å². The van der Waals surface area contributed by atoms with E-state index in [0.717, 1.165) is 57.2 Å². The van der Waals surface area contributed by atoms with Crippen LogP contribution in [0.3, 0.4) is 0 Å². The largest absolute Gasteiger partial charge is 0.315 e. The third-order valence-electron chi connectivity index (χ3n) is 4.92. The summed E-state index contributed by atoms with van der Waals surface area (Å²) in [6.07, 6.45) is 1.20. The number of hydrogen-bond acceptors (Lipinski definition) is 5. The topological polar surface area (TPSA) is 44.3 Å². The lowest BCUT2D eigenvalue weighted by molar-refractivity contribution is 0.280. The van der Waals surface area contributed by atoms with Crippen LogP contribution in [0.5, 0.6) is 0 Å². The van der Waals surface area contributed by atoms with Crippen molar-refractivity contribution >= 4 is 0 Å². The maximum Gasteiger partial charge on any atom is 0.0929 e. The van der Waals surface area contributed by atoms with Gasteiger partial charge >= 0.3 is 0 Å². The van der Waals surface area contributed by atoms with E-state index in [9.17, 15) is 0 Å². The summed E-state index contributed by atoms with van der Waals surface area (Å²) in [5.74, 6) is 0. The lowest BCUT2D eigenvalue weighted by Crippen LogP contribution is -2.28. The van der Waals surface area contributed by atoms with Crippen LogP contribution in [0.2, 0.25) is 0 Å². The molecular formula is C19H25N5. The van der Waals surface area contributed by atoms with E-state index in [2.05, 4.69) is 62.7 Å². The standard InChI is InChI=1S/C19H25N5/c1-23-12-16-4-3-15(11-17(16)13-23)19-6-5-18(21-22-19)14-24-9-2-7-20-8-10-24/h3-6,11,20H,2,7-10,12-14H2,1H3. The molecular weight excluding hydrogens is 298 g/mol. The Balaban J connectivity index is 1.47. The van der Waals surface area contributed by atoms with Gasteiger partial charge in [0.15, 0.2) is 0 Å². The average Bonchev–Trinajstić information content (AvgIpc) is 2.78. The summed E-state index contributed by atoms with van der Waals surface area (Å²) < 4.78 is 0. The highest BCUT2D eigenvalue weighted by Crippen LogP contribution is 2.26. The molecule has 0 spiro atoms. The number of nitrogens with one attached hydrogen (secondary N) is 1. The van der Waals surface area contributed by atoms with E-state index >= 15 is 0 Å². The molecule has 5 nitrogen and oxygen atoms in total. The molecule has 1 N–H and O–H groups in total. The second-order valence-corrected chi connectivity index (χ2v) is 6.95. The van der Waals surface area contributed by atoms with Crippen LogP contribution in [0, 0.1) is 0 Å². The lowest BCUT2D eigenvalue weighted by Gasteiger charge is -2.18. The molecule has 2 aliphatic rings. The predicted molar refractivity (Wildman–Crippen MR) is 95.4 cm³/mol. The molecule has 0 bridgehead atoms. The summed E-state index contributed by atoms with van der Waals surface area (Å²) in [7, 11) is 2.16. The Morgan fingerprint density at radius 1 is 1.00 bits per heavy atom. The second kappa shape index (κ2) is 6.97. The van der Waals surface area contributed by atoms with Crippen molar-refractivity contribution in [3.63, 3.8) is 0 Å². The number of aromatic nitrogens is 2. The number of fused-ring (bicyclic) bond motifs is 1. The zero-order chi connectivity index (χ0) is 16.4. The third kappa shape index (κ3) is 3.48. The van der Waals surface area contributed by atoms with E-state index in [1.807, 2.05) is 0 Å². The van der Waals surface area contributed by atoms with Crippen LogP contribution in [0.25, 0.3) is 11.3 Å². The molecule has 1 aromatic carbocycles. The zero-order valence-electron chi connectivity index (χ0n) is 14.3. The maximum absolute atomic E-state index is 4.48. The molecule has 24 heavy (non-hydrogen) atoms. The van der Waals surface area contributed by atoms with E-state index in [0.29, 0.717) is 0 Å². The first-order chi connectivity index (χ1) is 11.8. The van der Waals surface area contributed by atoms with Crippen LogP contribution in [-0.2, 0) is 19.6 Å². The van der Waals surface area contributed by atoms with Crippen LogP contribution in [-0.4, -0.2) is 53.2 Å². The molecule has 5 heteroatoms. The van der Waals surface area contributed by atoms with E-state index in [4.69, 9.17) is 0 Å². The highest BCUT2D eigenvalue weighted by atomic mass is 15.2. The van der Waals surface area contributed by atoms with Crippen molar-refractivity contribution in [2.45, 2.75) is 26.1 Å². The van der Waals surface area contributed by atoms with Crippen LogP contribution < -0.4 is 5.32 Å². The van der Waals surface area contributed by atoms with Crippen LogP contribution in [0.1, 0.15) is 23.2 Å². The van der Waals surface area contributed by atoms with Gasteiger partial charge in [-0.15, -0.1) is 0 Å². The second-order valence-electron chi connectivity index (χ2n) is 6.95. The van der Waals surface area contributed by atoms with Crippen molar-refractivity contribution in [3.8, 4) is 11.3 Å². The van der Waals surface area contributed by atoms with Crippen molar-refractivity contribution in [1.82, 2.24) is 25.3 Å². The fraction of sp³-hybridized carbons (Fsp3) is 0.474. The SMILES string of the molecule is CN1Cc2ccc(-c3ccc(CN4CCCNCC4)nn3)cc2C1. The van der Waals surface area contributed by atoms with Gasteiger partial charge in [0.1, 0.15) is 0 Å². The fourth-order valence-corrected chi connectivity index (χ4v) is 3.61. The van der Waals surface area contributed by atoms with Crippen molar-refractivity contribution < 1.29 is 0 Å². The maximum atomic E-state index is 4.48. The first kappa shape index (κ1) is 15.7. The molecule has 4 rings (SSSR count). The summed E-state index contributed by atoms with van der Waals surface area (Å²) in [6.45, 7) is 7.37. The minimum Gasteiger partial charge on any atom is -0.315 e. The molecule has 3 heterocycles. The molecule has 0 atom stereocenters. The molecule has 1 aromatic heterocycles. The molecule has 2 aliphatic heterocycles. The van der Waals surface area contributed by atoms with Gasteiger partial charge in [0.2, 0.25) is 0 Å². The Morgan fingerprint density at radius 3 is 2.79 bits per heavy atom. The summed E-state index contributed by atoms with van der Waals surface area (Å²) >= 11 is 0. The van der Waals surface area contributed by atoms with Gasteiger partial charge < -0.3 is 5.32 Å². The van der Waals surface area contributed by atoms with E-state index < -0.39 is 0 Å². The van der Waals surface area contributed by atoms with Crippen molar-refractivity contribution in [3.05, 3.63) is 47.2 Å². The summed E-state index contributed by atoms with van der Waals surface area (Å²) in [5, 5.41) is 12.4. The summed E-state index contributed by atoms with van der Waals surface area (Å²) in [6, 6.07) is 10.9. The van der Waals surface area contributed by atoms with Gasteiger partial charge in [-0.05, 0) is 55.9 Å². The smallest absolute Gasteiger partial charge is 0.0929 e.